The molecule has 2 heteroatoms. The van der Waals surface area contributed by atoms with Gasteiger partial charge >= 0.3 is 0 Å². The Hall–Kier alpha value is -2.35. The second kappa shape index (κ2) is 5.11. The molecule has 1 heterocycles. The smallest absolute Gasteiger partial charge is 0.110 e. The average molecular weight is 248 g/mol. The Labute approximate surface area is 113 Å². The number of rotatable bonds is 3. The third kappa shape index (κ3) is 2.58. The van der Waals surface area contributed by atoms with E-state index < -0.39 is 0 Å². The van der Waals surface area contributed by atoms with E-state index in [0.717, 1.165) is 12.2 Å². The van der Waals surface area contributed by atoms with Crippen LogP contribution in [0.5, 0.6) is 0 Å². The zero-order chi connectivity index (χ0) is 13.1. The average Bonchev–Trinajstić information content (AvgIpc) is 2.95. The molecule has 3 aromatic rings. The Kier molecular flexibility index (Phi) is 3.15. The van der Waals surface area contributed by atoms with Gasteiger partial charge in [0, 0.05) is 18.8 Å². The summed E-state index contributed by atoms with van der Waals surface area (Å²) in [6.07, 6.45) is 4.49. The van der Waals surface area contributed by atoms with Crippen LogP contribution in [0.1, 0.15) is 17.0 Å². The van der Waals surface area contributed by atoms with Gasteiger partial charge in [-0.15, -0.1) is 0 Å². The van der Waals surface area contributed by atoms with Crippen LogP contribution in [0.25, 0.3) is 11.1 Å². The van der Waals surface area contributed by atoms with E-state index in [1.165, 1.54) is 22.3 Å². The van der Waals surface area contributed by atoms with Crippen LogP contribution in [0.4, 0.5) is 0 Å². The minimum Gasteiger partial charge on any atom is -0.348 e. The number of hydrogen-bond acceptors (Lipinski definition) is 1. The van der Waals surface area contributed by atoms with E-state index in [1.807, 2.05) is 12.3 Å². The molecule has 0 unspecified atom stereocenters. The van der Waals surface area contributed by atoms with Crippen molar-refractivity contribution in [3.05, 3.63) is 77.9 Å². The first-order valence-corrected chi connectivity index (χ1v) is 6.46. The van der Waals surface area contributed by atoms with Crippen molar-refractivity contribution in [3.63, 3.8) is 0 Å². The monoisotopic (exact) mass is 248 g/mol. The molecule has 0 amide bonds. The van der Waals surface area contributed by atoms with Crippen LogP contribution in [0.15, 0.2) is 60.9 Å². The second-order valence-corrected chi connectivity index (χ2v) is 4.74. The fourth-order valence-corrected chi connectivity index (χ4v) is 2.31. The fraction of sp³-hybridized carbons (Fsp3) is 0.118. The van der Waals surface area contributed by atoms with Crippen molar-refractivity contribution in [2.24, 2.45) is 0 Å². The summed E-state index contributed by atoms with van der Waals surface area (Å²) >= 11 is 0. The normalized spacial score (nSPS) is 10.6. The maximum atomic E-state index is 4.31. The first kappa shape index (κ1) is 11.7. The molecule has 0 bridgehead atoms. The molecule has 0 atom stereocenters. The molecule has 2 aromatic carbocycles. The van der Waals surface area contributed by atoms with Gasteiger partial charge in [0.05, 0.1) is 0 Å². The van der Waals surface area contributed by atoms with Crippen LogP contribution >= 0.6 is 0 Å². The number of benzene rings is 2. The van der Waals surface area contributed by atoms with E-state index in [1.54, 1.807) is 6.20 Å². The standard InChI is InChI=1S/C17H16N2/c1-13-7-8-15(12-17-18-9-10-19-17)16(11-13)14-5-3-2-4-6-14/h2-11H,12H2,1H3,(H,18,19). The predicted molar refractivity (Wildman–Crippen MR) is 78.0 cm³/mol. The molecule has 0 aliphatic heterocycles. The highest BCUT2D eigenvalue weighted by Gasteiger charge is 2.07. The summed E-state index contributed by atoms with van der Waals surface area (Å²) in [6.45, 7) is 2.13. The van der Waals surface area contributed by atoms with Crippen LogP contribution in [0, 0.1) is 6.92 Å². The molecule has 0 radical (unpaired) electrons. The highest BCUT2D eigenvalue weighted by molar-refractivity contribution is 5.68. The summed E-state index contributed by atoms with van der Waals surface area (Å²) in [5.41, 5.74) is 5.12. The van der Waals surface area contributed by atoms with Gasteiger partial charge in [-0.2, -0.15) is 0 Å². The SMILES string of the molecule is Cc1ccc(Cc2ncc[nH]2)c(-c2ccccc2)c1. The lowest BCUT2D eigenvalue weighted by molar-refractivity contribution is 1.03. The van der Waals surface area contributed by atoms with E-state index in [-0.39, 0.29) is 0 Å². The topological polar surface area (TPSA) is 28.7 Å². The minimum atomic E-state index is 0.831. The summed E-state index contributed by atoms with van der Waals surface area (Å²) < 4.78 is 0. The molecule has 0 saturated heterocycles. The number of imidazole rings is 1. The Morgan fingerprint density at radius 2 is 1.89 bits per heavy atom. The number of aromatic nitrogens is 2. The van der Waals surface area contributed by atoms with Crippen molar-refractivity contribution in [2.75, 3.05) is 0 Å². The number of aryl methyl sites for hydroxylation is 1. The maximum absolute atomic E-state index is 4.31. The van der Waals surface area contributed by atoms with Crippen LogP contribution < -0.4 is 0 Å². The highest BCUT2D eigenvalue weighted by Crippen LogP contribution is 2.26. The molecular formula is C17H16N2. The Morgan fingerprint density at radius 3 is 2.63 bits per heavy atom. The molecule has 3 rings (SSSR count). The van der Waals surface area contributed by atoms with E-state index in [2.05, 4.69) is 59.4 Å². The zero-order valence-electron chi connectivity index (χ0n) is 10.9. The lowest BCUT2D eigenvalue weighted by Gasteiger charge is -2.10. The molecular weight excluding hydrogens is 232 g/mol. The van der Waals surface area contributed by atoms with Gasteiger partial charge in [0.25, 0.3) is 0 Å². The molecule has 1 aromatic heterocycles. The molecule has 0 spiro atoms. The van der Waals surface area contributed by atoms with E-state index in [0.29, 0.717) is 0 Å². The summed E-state index contributed by atoms with van der Waals surface area (Å²) in [5.74, 6) is 1.00. The van der Waals surface area contributed by atoms with Gasteiger partial charge in [0.1, 0.15) is 5.82 Å². The Bertz CT molecular complexity index is 655. The molecule has 0 aliphatic rings. The lowest BCUT2D eigenvalue weighted by Crippen LogP contribution is -1.95. The maximum Gasteiger partial charge on any atom is 0.110 e. The zero-order valence-corrected chi connectivity index (χ0v) is 10.9. The van der Waals surface area contributed by atoms with Crippen molar-refractivity contribution >= 4 is 0 Å². The predicted octanol–water partition coefficient (Wildman–Crippen LogP) is 3.98. The van der Waals surface area contributed by atoms with Crippen LogP contribution in [0.2, 0.25) is 0 Å². The van der Waals surface area contributed by atoms with E-state index >= 15 is 0 Å². The van der Waals surface area contributed by atoms with Crippen molar-refractivity contribution < 1.29 is 0 Å². The molecule has 0 aliphatic carbocycles. The first-order chi connectivity index (χ1) is 9.33. The number of nitrogens with zero attached hydrogens (tertiary/aromatic N) is 1. The number of hydrogen-bond donors (Lipinski definition) is 1. The molecule has 0 saturated carbocycles. The van der Waals surface area contributed by atoms with Gasteiger partial charge in [-0.3, -0.25) is 0 Å². The number of H-pyrrole nitrogens is 1. The van der Waals surface area contributed by atoms with Gasteiger partial charge < -0.3 is 4.98 Å². The molecule has 1 N–H and O–H groups in total. The van der Waals surface area contributed by atoms with Gasteiger partial charge in [-0.25, -0.2) is 4.98 Å². The van der Waals surface area contributed by atoms with Gasteiger partial charge in [-0.1, -0.05) is 54.1 Å². The first-order valence-electron chi connectivity index (χ1n) is 6.46. The van der Waals surface area contributed by atoms with Crippen molar-refractivity contribution in [1.82, 2.24) is 9.97 Å². The lowest BCUT2D eigenvalue weighted by atomic mass is 9.95. The largest absolute Gasteiger partial charge is 0.348 e. The number of aromatic amines is 1. The summed E-state index contributed by atoms with van der Waals surface area (Å²) in [6, 6.07) is 17.1. The Morgan fingerprint density at radius 1 is 1.05 bits per heavy atom. The fourth-order valence-electron chi connectivity index (χ4n) is 2.31. The molecule has 94 valence electrons. The van der Waals surface area contributed by atoms with Crippen molar-refractivity contribution in [3.8, 4) is 11.1 Å². The van der Waals surface area contributed by atoms with Gasteiger partial charge in [-0.05, 0) is 23.6 Å². The summed E-state index contributed by atoms with van der Waals surface area (Å²) in [4.78, 5) is 7.48. The third-order valence-electron chi connectivity index (χ3n) is 3.26. The Balaban J connectivity index is 2.05. The second-order valence-electron chi connectivity index (χ2n) is 4.74. The van der Waals surface area contributed by atoms with Crippen LogP contribution in [-0.4, -0.2) is 9.97 Å². The molecule has 0 fully saturated rings. The van der Waals surface area contributed by atoms with Crippen LogP contribution in [-0.2, 0) is 6.42 Å². The quantitative estimate of drug-likeness (QED) is 0.746. The van der Waals surface area contributed by atoms with Crippen molar-refractivity contribution in [1.29, 1.82) is 0 Å². The number of nitrogens with one attached hydrogen (secondary N) is 1. The van der Waals surface area contributed by atoms with Gasteiger partial charge in [0.2, 0.25) is 0 Å². The van der Waals surface area contributed by atoms with Crippen molar-refractivity contribution in [2.45, 2.75) is 13.3 Å². The highest BCUT2D eigenvalue weighted by atomic mass is 14.9. The van der Waals surface area contributed by atoms with Gasteiger partial charge in [0.15, 0.2) is 0 Å². The third-order valence-corrected chi connectivity index (χ3v) is 3.26. The van der Waals surface area contributed by atoms with E-state index in [4.69, 9.17) is 0 Å². The summed E-state index contributed by atoms with van der Waals surface area (Å²) in [5, 5.41) is 0. The van der Waals surface area contributed by atoms with E-state index in [9.17, 15) is 0 Å². The molecule has 19 heavy (non-hydrogen) atoms. The van der Waals surface area contributed by atoms with Crippen LogP contribution in [0.3, 0.4) is 0 Å². The summed E-state index contributed by atoms with van der Waals surface area (Å²) in [7, 11) is 0. The minimum absolute atomic E-state index is 0.831. The molecule has 2 nitrogen and oxygen atoms in total.